The Labute approximate surface area is 168 Å². The number of halogens is 4. The average molecular weight is 414 g/mol. The van der Waals surface area contributed by atoms with E-state index in [4.69, 9.17) is 0 Å². The first-order valence-electron chi connectivity index (χ1n) is 8.80. The van der Waals surface area contributed by atoms with Gasteiger partial charge in [0.25, 0.3) is 5.91 Å². The molecule has 1 N–H and O–H groups in total. The molecule has 0 atom stereocenters. The van der Waals surface area contributed by atoms with Gasteiger partial charge in [0.05, 0.1) is 28.4 Å². The fourth-order valence-corrected chi connectivity index (χ4v) is 3.16. The molecule has 152 valence electrons. The maximum absolute atomic E-state index is 13.5. The number of aromatic nitrogens is 3. The molecule has 4 rings (SSSR count). The Kier molecular flexibility index (Phi) is 4.73. The fraction of sp³-hybridized carbons (Fsp3) is 0.0952. The molecule has 0 unspecified atom stereocenters. The van der Waals surface area contributed by atoms with Crippen molar-refractivity contribution in [1.29, 1.82) is 0 Å². The van der Waals surface area contributed by atoms with Gasteiger partial charge in [0.15, 0.2) is 5.65 Å². The Balaban J connectivity index is 1.87. The number of anilines is 1. The first-order chi connectivity index (χ1) is 14.2. The van der Waals surface area contributed by atoms with E-state index in [2.05, 4.69) is 15.4 Å². The van der Waals surface area contributed by atoms with E-state index in [-0.39, 0.29) is 28.2 Å². The number of amides is 1. The Morgan fingerprint density at radius 1 is 1.07 bits per heavy atom. The van der Waals surface area contributed by atoms with Crippen LogP contribution in [0.5, 0.6) is 0 Å². The molecule has 0 aliphatic rings. The fourth-order valence-electron chi connectivity index (χ4n) is 3.16. The molecular formula is C21H14F4N4O. The Bertz CT molecular complexity index is 1260. The summed E-state index contributed by atoms with van der Waals surface area (Å²) in [6.45, 7) is 0. The minimum atomic E-state index is -4.59. The van der Waals surface area contributed by atoms with Crippen LogP contribution >= 0.6 is 0 Å². The number of aryl methyl sites for hydroxylation is 1. The highest BCUT2D eigenvalue weighted by molar-refractivity contribution is 6.12. The Morgan fingerprint density at radius 2 is 1.83 bits per heavy atom. The monoisotopic (exact) mass is 414 g/mol. The van der Waals surface area contributed by atoms with Crippen molar-refractivity contribution >= 4 is 22.6 Å². The number of alkyl halides is 3. The van der Waals surface area contributed by atoms with E-state index in [9.17, 15) is 22.4 Å². The van der Waals surface area contributed by atoms with Gasteiger partial charge in [0.1, 0.15) is 5.82 Å². The smallest absolute Gasteiger partial charge is 0.322 e. The Morgan fingerprint density at radius 3 is 2.57 bits per heavy atom. The molecule has 0 radical (unpaired) electrons. The molecular weight excluding hydrogens is 400 g/mol. The summed E-state index contributed by atoms with van der Waals surface area (Å²) < 4.78 is 55.3. The van der Waals surface area contributed by atoms with E-state index in [1.165, 1.54) is 53.3 Å². The van der Waals surface area contributed by atoms with Crippen LogP contribution in [0.15, 0.2) is 60.8 Å². The number of hydrogen-bond acceptors (Lipinski definition) is 3. The number of fused-ring (bicyclic) bond motifs is 1. The molecule has 0 bridgehead atoms. The second kappa shape index (κ2) is 7.25. The third kappa shape index (κ3) is 3.61. The topological polar surface area (TPSA) is 59.8 Å². The van der Waals surface area contributed by atoms with Crippen molar-refractivity contribution in [2.45, 2.75) is 6.18 Å². The minimum Gasteiger partial charge on any atom is -0.322 e. The molecule has 0 saturated heterocycles. The molecule has 30 heavy (non-hydrogen) atoms. The summed E-state index contributed by atoms with van der Waals surface area (Å²) in [6, 6.07) is 11.6. The molecule has 2 aromatic heterocycles. The van der Waals surface area contributed by atoms with Crippen molar-refractivity contribution in [3.8, 4) is 11.3 Å². The number of nitrogens with zero attached hydrogens (tertiary/aromatic N) is 3. The first-order valence-corrected chi connectivity index (χ1v) is 8.80. The lowest BCUT2D eigenvalue weighted by atomic mass is 10.0. The number of carbonyl (C=O) groups excluding carboxylic acids is 1. The van der Waals surface area contributed by atoms with Gasteiger partial charge in [-0.3, -0.25) is 9.48 Å². The average Bonchev–Trinajstić information content (AvgIpc) is 3.07. The second-order valence-corrected chi connectivity index (χ2v) is 6.57. The van der Waals surface area contributed by atoms with Gasteiger partial charge >= 0.3 is 6.18 Å². The third-order valence-electron chi connectivity index (χ3n) is 4.54. The molecule has 9 heteroatoms. The lowest BCUT2D eigenvalue weighted by molar-refractivity contribution is -0.137. The number of rotatable bonds is 3. The summed E-state index contributed by atoms with van der Waals surface area (Å²) in [4.78, 5) is 17.2. The quantitative estimate of drug-likeness (QED) is 0.478. The van der Waals surface area contributed by atoms with E-state index in [0.29, 0.717) is 5.39 Å². The van der Waals surface area contributed by atoms with Gasteiger partial charge in [-0.2, -0.15) is 18.3 Å². The lowest BCUT2D eigenvalue weighted by Crippen LogP contribution is -2.14. The summed E-state index contributed by atoms with van der Waals surface area (Å²) in [6.07, 6.45) is -3.19. The summed E-state index contributed by atoms with van der Waals surface area (Å²) in [5, 5.41) is 6.98. The van der Waals surface area contributed by atoms with Crippen LogP contribution in [0.1, 0.15) is 15.9 Å². The van der Waals surface area contributed by atoms with Crippen molar-refractivity contribution < 1.29 is 22.4 Å². The van der Waals surface area contributed by atoms with E-state index in [1.807, 2.05) is 0 Å². The molecule has 2 heterocycles. The highest BCUT2D eigenvalue weighted by Crippen LogP contribution is 2.37. The van der Waals surface area contributed by atoms with Crippen molar-refractivity contribution in [3.63, 3.8) is 0 Å². The van der Waals surface area contributed by atoms with Crippen LogP contribution in [0, 0.1) is 5.82 Å². The first kappa shape index (κ1) is 19.6. The molecule has 0 spiro atoms. The van der Waals surface area contributed by atoms with Crippen LogP contribution in [-0.2, 0) is 13.2 Å². The van der Waals surface area contributed by atoms with Gasteiger partial charge < -0.3 is 5.32 Å². The molecule has 5 nitrogen and oxygen atoms in total. The largest absolute Gasteiger partial charge is 0.417 e. The second-order valence-electron chi connectivity index (χ2n) is 6.57. The highest BCUT2D eigenvalue weighted by Gasteiger charge is 2.34. The predicted molar refractivity (Wildman–Crippen MR) is 103 cm³/mol. The van der Waals surface area contributed by atoms with Crippen LogP contribution in [0.2, 0.25) is 0 Å². The number of hydrogen-bond donors (Lipinski definition) is 1. The van der Waals surface area contributed by atoms with Crippen LogP contribution in [0.4, 0.5) is 23.2 Å². The van der Waals surface area contributed by atoms with Crippen LogP contribution in [0.25, 0.3) is 22.3 Å². The van der Waals surface area contributed by atoms with Crippen molar-refractivity contribution in [2.24, 2.45) is 7.05 Å². The summed E-state index contributed by atoms with van der Waals surface area (Å²) in [7, 11) is 1.57. The highest BCUT2D eigenvalue weighted by atomic mass is 19.4. The molecule has 2 aromatic carbocycles. The number of carbonyl (C=O) groups is 1. The zero-order chi connectivity index (χ0) is 21.5. The van der Waals surface area contributed by atoms with Gasteiger partial charge in [-0.05, 0) is 30.3 Å². The Hall–Kier alpha value is -3.75. The van der Waals surface area contributed by atoms with Gasteiger partial charge in [-0.1, -0.05) is 24.3 Å². The third-order valence-corrected chi connectivity index (χ3v) is 4.54. The summed E-state index contributed by atoms with van der Waals surface area (Å²) in [5.41, 5.74) is -0.517. The zero-order valence-corrected chi connectivity index (χ0v) is 15.5. The normalized spacial score (nSPS) is 11.6. The molecule has 0 fully saturated rings. The van der Waals surface area contributed by atoms with E-state index in [1.54, 1.807) is 7.05 Å². The van der Waals surface area contributed by atoms with E-state index >= 15 is 0 Å². The van der Waals surface area contributed by atoms with Gasteiger partial charge in [0.2, 0.25) is 0 Å². The standard InChI is InChI=1S/C21H14F4N4O/c1-29-19-16(11-26-29)15(20(30)27-13-6-4-5-12(22)9-13)10-18(28-19)14-7-2-3-8-17(14)21(23,24)25/h2-11H,1H3,(H,27,30). The van der Waals surface area contributed by atoms with Crippen molar-refractivity contribution in [2.75, 3.05) is 5.32 Å². The minimum absolute atomic E-state index is 0.0246. The van der Waals surface area contributed by atoms with Crippen LogP contribution in [0.3, 0.4) is 0 Å². The molecule has 0 aliphatic carbocycles. The van der Waals surface area contributed by atoms with Crippen LogP contribution < -0.4 is 5.32 Å². The SMILES string of the molecule is Cn1ncc2c(C(=O)Nc3cccc(F)c3)cc(-c3ccccc3C(F)(F)F)nc21. The summed E-state index contributed by atoms with van der Waals surface area (Å²) >= 11 is 0. The maximum atomic E-state index is 13.5. The van der Waals surface area contributed by atoms with Crippen molar-refractivity contribution in [3.05, 3.63) is 77.7 Å². The number of pyridine rings is 1. The maximum Gasteiger partial charge on any atom is 0.417 e. The molecule has 1 amide bonds. The van der Waals surface area contributed by atoms with Gasteiger partial charge in [-0.15, -0.1) is 0 Å². The lowest BCUT2D eigenvalue weighted by Gasteiger charge is -2.14. The van der Waals surface area contributed by atoms with E-state index < -0.39 is 23.5 Å². The molecule has 0 aliphatic heterocycles. The van der Waals surface area contributed by atoms with Gasteiger partial charge in [0, 0.05) is 18.3 Å². The van der Waals surface area contributed by atoms with Gasteiger partial charge in [-0.25, -0.2) is 9.37 Å². The number of benzene rings is 2. The number of nitrogens with one attached hydrogen (secondary N) is 1. The zero-order valence-electron chi connectivity index (χ0n) is 15.5. The van der Waals surface area contributed by atoms with Crippen LogP contribution in [-0.4, -0.2) is 20.7 Å². The van der Waals surface area contributed by atoms with Crippen molar-refractivity contribution in [1.82, 2.24) is 14.8 Å². The molecule has 0 saturated carbocycles. The predicted octanol–water partition coefficient (Wildman–Crippen LogP) is 5.05. The van der Waals surface area contributed by atoms with E-state index in [0.717, 1.165) is 12.1 Å². The molecule has 4 aromatic rings. The summed E-state index contributed by atoms with van der Waals surface area (Å²) in [5.74, 6) is -1.15.